The van der Waals surface area contributed by atoms with Crippen molar-refractivity contribution in [1.29, 1.82) is 0 Å². The number of carbonyl (C=O) groups excluding carboxylic acids is 2. The Bertz CT molecular complexity index is 1020. The van der Waals surface area contributed by atoms with E-state index in [4.69, 9.17) is 13.8 Å². The Balaban J connectivity index is 3.93. The molecular formula is C42H78NO10P. The summed E-state index contributed by atoms with van der Waals surface area (Å²) in [5.74, 6) is -2.38. The molecule has 1 amide bonds. The van der Waals surface area contributed by atoms with Crippen molar-refractivity contribution in [1.82, 2.24) is 5.32 Å². The number of ether oxygens (including phenoxy) is 1. The third kappa shape index (κ3) is 36.9. The van der Waals surface area contributed by atoms with E-state index in [0.717, 1.165) is 70.6 Å². The number of carboxylic acids is 1. The van der Waals surface area contributed by atoms with E-state index < -0.39 is 57.6 Å². The molecule has 0 rings (SSSR count). The van der Waals surface area contributed by atoms with Gasteiger partial charge < -0.3 is 25.2 Å². The van der Waals surface area contributed by atoms with Gasteiger partial charge >= 0.3 is 19.8 Å². The Labute approximate surface area is 328 Å². The number of carboxylic acid groups (broad SMARTS) is 1. The fraction of sp³-hybridized carbons (Fsp3) is 0.833. The number of rotatable bonds is 40. The number of aliphatic hydroxyl groups is 1. The Morgan fingerprint density at radius 3 is 1.43 bits per heavy atom. The van der Waals surface area contributed by atoms with Gasteiger partial charge in [0.05, 0.1) is 13.2 Å². The summed E-state index contributed by atoms with van der Waals surface area (Å²) in [6, 6.07) is -1.55. The van der Waals surface area contributed by atoms with Crippen LogP contribution in [0, 0.1) is 0 Å². The molecule has 0 radical (unpaired) electrons. The monoisotopic (exact) mass is 788 g/mol. The smallest absolute Gasteiger partial charge is 0.472 e. The van der Waals surface area contributed by atoms with Gasteiger partial charge in [-0.1, -0.05) is 141 Å². The van der Waals surface area contributed by atoms with E-state index in [1.54, 1.807) is 0 Å². The van der Waals surface area contributed by atoms with Crippen LogP contribution in [0.1, 0.15) is 194 Å². The highest BCUT2D eigenvalue weighted by Gasteiger charge is 2.28. The first-order valence-electron chi connectivity index (χ1n) is 21.4. The lowest BCUT2D eigenvalue weighted by atomic mass is 10.1. The number of esters is 1. The fourth-order valence-electron chi connectivity index (χ4n) is 5.83. The molecule has 0 aromatic carbocycles. The molecule has 0 saturated carbocycles. The van der Waals surface area contributed by atoms with Crippen LogP contribution in [-0.2, 0) is 32.7 Å². The number of phosphoric acid groups is 1. The minimum absolute atomic E-state index is 0.141. The summed E-state index contributed by atoms with van der Waals surface area (Å²) in [6.45, 7) is 2.56. The van der Waals surface area contributed by atoms with Gasteiger partial charge in [0.25, 0.3) is 0 Å². The number of hydrogen-bond donors (Lipinski definition) is 4. The zero-order valence-corrected chi connectivity index (χ0v) is 34.9. The molecule has 0 aromatic heterocycles. The van der Waals surface area contributed by atoms with Crippen molar-refractivity contribution in [2.75, 3.05) is 19.8 Å². The number of unbranched alkanes of at least 4 members (excludes halogenated alkanes) is 22. The molecule has 0 aromatic rings. The molecule has 316 valence electrons. The molecule has 0 spiro atoms. The van der Waals surface area contributed by atoms with Gasteiger partial charge in [-0.05, 0) is 64.2 Å². The van der Waals surface area contributed by atoms with Gasteiger partial charge in [0.1, 0.15) is 12.7 Å². The first-order chi connectivity index (χ1) is 26.1. The lowest BCUT2D eigenvalue weighted by Gasteiger charge is -2.18. The van der Waals surface area contributed by atoms with E-state index >= 15 is 0 Å². The lowest BCUT2D eigenvalue weighted by molar-refractivity contribution is -0.147. The van der Waals surface area contributed by atoms with Crippen molar-refractivity contribution in [2.24, 2.45) is 0 Å². The highest BCUT2D eigenvalue weighted by Crippen LogP contribution is 2.43. The molecule has 0 aliphatic carbocycles. The van der Waals surface area contributed by atoms with Crippen LogP contribution in [0.3, 0.4) is 0 Å². The van der Waals surface area contributed by atoms with Gasteiger partial charge in [-0.3, -0.25) is 18.6 Å². The summed E-state index contributed by atoms with van der Waals surface area (Å²) in [4.78, 5) is 45.8. The second-order valence-electron chi connectivity index (χ2n) is 14.5. The summed E-state index contributed by atoms with van der Waals surface area (Å²) < 4.78 is 26.8. The Morgan fingerprint density at radius 2 is 0.963 bits per heavy atom. The predicted octanol–water partition coefficient (Wildman–Crippen LogP) is 10.7. The van der Waals surface area contributed by atoms with E-state index in [2.05, 4.69) is 43.5 Å². The Hall–Kier alpha value is -2.04. The molecule has 3 atom stereocenters. The number of aliphatic hydroxyl groups excluding tert-OH is 1. The fourth-order valence-corrected chi connectivity index (χ4v) is 6.61. The second kappa shape index (κ2) is 37.9. The number of aliphatic carboxylic acids is 1. The number of allylic oxidation sites excluding steroid dienone is 4. The summed E-state index contributed by atoms with van der Waals surface area (Å²) in [7, 11) is -4.75. The van der Waals surface area contributed by atoms with Crippen molar-refractivity contribution < 1.29 is 47.8 Å². The zero-order chi connectivity index (χ0) is 40.0. The van der Waals surface area contributed by atoms with Crippen molar-refractivity contribution >= 4 is 25.7 Å². The molecule has 0 aliphatic heterocycles. The lowest BCUT2D eigenvalue weighted by Crippen LogP contribution is -2.43. The van der Waals surface area contributed by atoms with Crippen molar-refractivity contribution in [2.45, 2.75) is 206 Å². The molecule has 0 aliphatic rings. The topological polar surface area (TPSA) is 169 Å². The van der Waals surface area contributed by atoms with Crippen LogP contribution in [0.4, 0.5) is 0 Å². The van der Waals surface area contributed by atoms with E-state index in [1.807, 2.05) is 0 Å². The van der Waals surface area contributed by atoms with Crippen molar-refractivity contribution in [3.63, 3.8) is 0 Å². The number of hydrogen-bond acceptors (Lipinski definition) is 8. The molecule has 4 N–H and O–H groups in total. The summed E-state index contributed by atoms with van der Waals surface area (Å²) in [5, 5.41) is 21.8. The molecule has 11 nitrogen and oxygen atoms in total. The first kappa shape index (κ1) is 52.0. The minimum atomic E-state index is -4.75. The average molecular weight is 788 g/mol. The quantitative estimate of drug-likeness (QED) is 0.0203. The number of amides is 1. The van der Waals surface area contributed by atoms with E-state index in [-0.39, 0.29) is 12.8 Å². The van der Waals surface area contributed by atoms with Gasteiger partial charge in [-0.25, -0.2) is 9.36 Å². The summed E-state index contributed by atoms with van der Waals surface area (Å²) in [5.41, 5.74) is 0. The number of carbonyl (C=O) groups is 3. The highest BCUT2D eigenvalue weighted by molar-refractivity contribution is 7.47. The summed E-state index contributed by atoms with van der Waals surface area (Å²) in [6.07, 6.45) is 37.7. The van der Waals surface area contributed by atoms with Gasteiger partial charge in [0, 0.05) is 12.8 Å². The van der Waals surface area contributed by atoms with Gasteiger partial charge in [-0.2, -0.15) is 0 Å². The molecule has 0 saturated heterocycles. The van der Waals surface area contributed by atoms with Crippen LogP contribution in [0.5, 0.6) is 0 Å². The molecule has 3 unspecified atom stereocenters. The number of phosphoric ester groups is 1. The maximum Gasteiger partial charge on any atom is 0.472 e. The Morgan fingerprint density at radius 1 is 0.574 bits per heavy atom. The maximum absolute atomic E-state index is 12.3. The van der Waals surface area contributed by atoms with Crippen LogP contribution in [0.2, 0.25) is 0 Å². The van der Waals surface area contributed by atoms with Crippen LogP contribution in [0.25, 0.3) is 0 Å². The SMILES string of the molecule is CCCCCC/C=C\CCCCCCCC(=O)OCC(O)COP(=O)(O)OCC(NC(=O)CCCCCCCCC/C=C\CCCCCCCC)C(=O)O. The normalized spacial score (nSPS) is 14.0. The first-order valence-corrected chi connectivity index (χ1v) is 22.9. The van der Waals surface area contributed by atoms with Crippen LogP contribution in [0.15, 0.2) is 24.3 Å². The second-order valence-corrected chi connectivity index (χ2v) is 16.0. The molecule has 54 heavy (non-hydrogen) atoms. The highest BCUT2D eigenvalue weighted by atomic mass is 31.2. The maximum atomic E-state index is 12.3. The summed E-state index contributed by atoms with van der Waals surface area (Å²) >= 11 is 0. The molecular weight excluding hydrogens is 709 g/mol. The molecule has 0 fully saturated rings. The third-order valence-electron chi connectivity index (χ3n) is 9.21. The minimum Gasteiger partial charge on any atom is -0.480 e. The molecule has 12 heteroatoms. The predicted molar refractivity (Wildman–Crippen MR) is 217 cm³/mol. The van der Waals surface area contributed by atoms with Crippen molar-refractivity contribution in [3.05, 3.63) is 24.3 Å². The third-order valence-corrected chi connectivity index (χ3v) is 10.2. The van der Waals surface area contributed by atoms with E-state index in [0.29, 0.717) is 12.8 Å². The van der Waals surface area contributed by atoms with Crippen LogP contribution >= 0.6 is 7.82 Å². The zero-order valence-electron chi connectivity index (χ0n) is 34.0. The van der Waals surface area contributed by atoms with Gasteiger partial charge in [0.15, 0.2) is 6.04 Å². The molecule has 0 bridgehead atoms. The average Bonchev–Trinajstić information content (AvgIpc) is 3.14. The van der Waals surface area contributed by atoms with E-state index in [1.165, 1.54) is 83.5 Å². The number of nitrogens with one attached hydrogen (secondary N) is 1. The van der Waals surface area contributed by atoms with Gasteiger partial charge in [0.2, 0.25) is 5.91 Å². The van der Waals surface area contributed by atoms with Crippen LogP contribution < -0.4 is 5.32 Å². The largest absolute Gasteiger partial charge is 0.480 e. The van der Waals surface area contributed by atoms with Crippen molar-refractivity contribution in [3.8, 4) is 0 Å². The van der Waals surface area contributed by atoms with E-state index in [9.17, 15) is 34.1 Å². The van der Waals surface area contributed by atoms with Crippen LogP contribution in [-0.4, -0.2) is 64.9 Å². The standard InChI is InChI=1S/C42H78NO10P/c1-3-5-7-9-11-13-15-17-18-19-20-22-23-25-27-29-31-33-40(45)43-39(42(47)48)37-53-54(49,50)52-36-38(44)35-51-41(46)34-32-30-28-26-24-21-16-14-12-10-8-6-4-2/h14,16-18,38-39,44H,3-13,15,19-37H2,1-2H3,(H,43,45)(H,47,48)(H,49,50)/b16-14-,18-17-. The van der Waals surface area contributed by atoms with Gasteiger partial charge in [-0.15, -0.1) is 0 Å². The Kier molecular flexibility index (Phi) is 36.4. The molecule has 0 heterocycles.